The molecule has 1 N–H and O–H groups in total. The first-order chi connectivity index (χ1) is 8.79. The maximum absolute atomic E-state index is 9.52. The normalized spacial score (nSPS) is 27.3. The van der Waals surface area contributed by atoms with Crippen LogP contribution in [0.1, 0.15) is 37.7 Å². The summed E-state index contributed by atoms with van der Waals surface area (Å²) in [7, 11) is 0. The molecule has 2 fully saturated rings. The number of rotatable bonds is 2. The number of hydrogen-bond donors (Lipinski definition) is 1. The van der Waals surface area contributed by atoms with Crippen LogP contribution in [-0.2, 0) is 6.61 Å². The molecule has 0 bridgehead atoms. The molecule has 1 aromatic rings. The van der Waals surface area contributed by atoms with Crippen LogP contribution in [-0.4, -0.2) is 17.7 Å². The van der Waals surface area contributed by atoms with Gasteiger partial charge in [-0.1, -0.05) is 34.8 Å². The Morgan fingerprint density at radius 1 is 1.22 bits per heavy atom. The Balaban J connectivity index is 1.92. The van der Waals surface area contributed by atoms with E-state index in [1.807, 2.05) is 12.1 Å². The van der Waals surface area contributed by atoms with Crippen LogP contribution >= 0.6 is 15.9 Å². The molecule has 1 saturated heterocycles. The second-order valence-electron chi connectivity index (χ2n) is 5.53. The van der Waals surface area contributed by atoms with Gasteiger partial charge in [0.2, 0.25) is 0 Å². The van der Waals surface area contributed by atoms with Crippen molar-refractivity contribution in [1.29, 1.82) is 0 Å². The van der Waals surface area contributed by atoms with Gasteiger partial charge >= 0.3 is 0 Å². The predicted molar refractivity (Wildman–Crippen MR) is 77.8 cm³/mol. The van der Waals surface area contributed by atoms with Gasteiger partial charge in [0, 0.05) is 28.3 Å². The van der Waals surface area contributed by atoms with Crippen molar-refractivity contribution in [2.45, 2.75) is 44.8 Å². The van der Waals surface area contributed by atoms with Crippen molar-refractivity contribution in [2.24, 2.45) is 5.92 Å². The third kappa shape index (κ3) is 2.19. The zero-order chi connectivity index (χ0) is 12.5. The van der Waals surface area contributed by atoms with Gasteiger partial charge in [0.15, 0.2) is 0 Å². The van der Waals surface area contributed by atoms with Crippen molar-refractivity contribution in [1.82, 2.24) is 0 Å². The largest absolute Gasteiger partial charge is 0.392 e. The van der Waals surface area contributed by atoms with Crippen LogP contribution in [0.15, 0.2) is 22.7 Å². The Morgan fingerprint density at radius 2 is 2.06 bits per heavy atom. The van der Waals surface area contributed by atoms with E-state index in [0.29, 0.717) is 6.04 Å². The van der Waals surface area contributed by atoms with Crippen LogP contribution in [0.4, 0.5) is 5.69 Å². The molecule has 0 spiro atoms. The van der Waals surface area contributed by atoms with E-state index in [4.69, 9.17) is 0 Å². The van der Waals surface area contributed by atoms with Gasteiger partial charge in [-0.05, 0) is 37.3 Å². The number of hydrogen-bond acceptors (Lipinski definition) is 2. The van der Waals surface area contributed by atoms with Gasteiger partial charge in [-0.25, -0.2) is 0 Å². The minimum Gasteiger partial charge on any atom is -0.392 e. The number of halogens is 1. The van der Waals surface area contributed by atoms with E-state index in [1.165, 1.54) is 37.8 Å². The Hall–Kier alpha value is -0.540. The second-order valence-corrected chi connectivity index (χ2v) is 6.44. The SMILES string of the molecule is OCc1ccc(Br)cc1N1CCC2CCCCC21. The lowest BCUT2D eigenvalue weighted by atomic mass is 9.85. The molecular weight excluding hydrogens is 290 g/mol. The first kappa shape index (κ1) is 12.5. The predicted octanol–water partition coefficient (Wildman–Crippen LogP) is 3.71. The summed E-state index contributed by atoms with van der Waals surface area (Å²) >= 11 is 3.55. The summed E-state index contributed by atoms with van der Waals surface area (Å²) in [5.41, 5.74) is 2.30. The monoisotopic (exact) mass is 309 g/mol. The highest BCUT2D eigenvalue weighted by Crippen LogP contribution is 2.40. The summed E-state index contributed by atoms with van der Waals surface area (Å²) in [5, 5.41) is 9.52. The van der Waals surface area contributed by atoms with E-state index in [1.54, 1.807) is 0 Å². The first-order valence-corrected chi connectivity index (χ1v) is 7.75. The van der Waals surface area contributed by atoms with E-state index < -0.39 is 0 Å². The van der Waals surface area contributed by atoms with Gasteiger partial charge in [0.1, 0.15) is 0 Å². The highest BCUT2D eigenvalue weighted by molar-refractivity contribution is 9.10. The van der Waals surface area contributed by atoms with E-state index in [2.05, 4.69) is 26.9 Å². The van der Waals surface area contributed by atoms with Gasteiger partial charge in [-0.3, -0.25) is 0 Å². The number of aliphatic hydroxyl groups excluding tert-OH is 1. The summed E-state index contributed by atoms with van der Waals surface area (Å²) in [6, 6.07) is 6.93. The lowest BCUT2D eigenvalue weighted by Gasteiger charge is -2.34. The molecule has 1 aliphatic heterocycles. The molecule has 0 amide bonds. The Labute approximate surface area is 117 Å². The van der Waals surface area contributed by atoms with Gasteiger partial charge in [0.25, 0.3) is 0 Å². The maximum atomic E-state index is 9.52. The van der Waals surface area contributed by atoms with Crippen molar-refractivity contribution in [3.05, 3.63) is 28.2 Å². The zero-order valence-electron chi connectivity index (χ0n) is 10.6. The smallest absolute Gasteiger partial charge is 0.0702 e. The fourth-order valence-corrected chi connectivity index (χ4v) is 3.99. The van der Waals surface area contributed by atoms with Crippen molar-refractivity contribution in [3.63, 3.8) is 0 Å². The highest BCUT2D eigenvalue weighted by atomic mass is 79.9. The third-order valence-electron chi connectivity index (χ3n) is 4.54. The zero-order valence-corrected chi connectivity index (χ0v) is 12.2. The fourth-order valence-electron chi connectivity index (χ4n) is 3.64. The topological polar surface area (TPSA) is 23.5 Å². The number of benzene rings is 1. The molecular formula is C15H20BrNO. The molecule has 2 aliphatic rings. The van der Waals surface area contributed by atoms with Crippen LogP contribution in [0.5, 0.6) is 0 Å². The molecule has 1 aromatic carbocycles. The van der Waals surface area contributed by atoms with Crippen molar-refractivity contribution >= 4 is 21.6 Å². The highest BCUT2D eigenvalue weighted by Gasteiger charge is 2.36. The number of fused-ring (bicyclic) bond motifs is 1. The number of anilines is 1. The summed E-state index contributed by atoms with van der Waals surface area (Å²) in [6.45, 7) is 1.29. The standard InChI is InChI=1S/C15H20BrNO/c16-13-6-5-12(10-18)15(9-13)17-8-7-11-3-1-2-4-14(11)17/h5-6,9,11,14,18H,1-4,7-8,10H2. The van der Waals surface area contributed by atoms with Crippen molar-refractivity contribution in [3.8, 4) is 0 Å². The Bertz CT molecular complexity index is 435. The van der Waals surface area contributed by atoms with Crippen molar-refractivity contribution < 1.29 is 5.11 Å². The lowest BCUT2D eigenvalue weighted by Crippen LogP contribution is -2.35. The quantitative estimate of drug-likeness (QED) is 0.900. The number of aliphatic hydroxyl groups is 1. The van der Waals surface area contributed by atoms with Crippen molar-refractivity contribution in [2.75, 3.05) is 11.4 Å². The molecule has 1 saturated carbocycles. The van der Waals surface area contributed by atoms with E-state index in [0.717, 1.165) is 22.5 Å². The molecule has 0 radical (unpaired) electrons. The number of nitrogens with zero attached hydrogens (tertiary/aromatic N) is 1. The molecule has 2 atom stereocenters. The molecule has 2 nitrogen and oxygen atoms in total. The minimum atomic E-state index is 0.135. The average Bonchev–Trinajstić information content (AvgIpc) is 2.82. The molecule has 3 heteroatoms. The van der Waals surface area contributed by atoms with E-state index in [-0.39, 0.29) is 6.61 Å². The average molecular weight is 310 g/mol. The summed E-state index contributed by atoms with van der Waals surface area (Å²) < 4.78 is 1.11. The van der Waals surface area contributed by atoms with Crippen LogP contribution in [0, 0.1) is 5.92 Å². The lowest BCUT2D eigenvalue weighted by molar-refractivity contribution is 0.281. The molecule has 3 rings (SSSR count). The van der Waals surface area contributed by atoms with Gasteiger partial charge < -0.3 is 10.0 Å². The van der Waals surface area contributed by atoms with Crippen LogP contribution in [0.25, 0.3) is 0 Å². The van der Waals surface area contributed by atoms with Gasteiger partial charge in [0.05, 0.1) is 6.61 Å². The Kier molecular flexibility index (Phi) is 3.62. The molecule has 2 unspecified atom stereocenters. The van der Waals surface area contributed by atoms with Gasteiger partial charge in [-0.15, -0.1) is 0 Å². The van der Waals surface area contributed by atoms with Gasteiger partial charge in [-0.2, -0.15) is 0 Å². The summed E-state index contributed by atoms with van der Waals surface area (Å²) in [4.78, 5) is 2.54. The third-order valence-corrected chi connectivity index (χ3v) is 5.03. The second kappa shape index (κ2) is 5.22. The summed E-state index contributed by atoms with van der Waals surface area (Å²) in [6.07, 6.45) is 6.80. The molecule has 18 heavy (non-hydrogen) atoms. The fraction of sp³-hybridized carbons (Fsp3) is 0.600. The molecule has 0 aromatic heterocycles. The minimum absolute atomic E-state index is 0.135. The maximum Gasteiger partial charge on any atom is 0.0702 e. The molecule has 1 aliphatic carbocycles. The molecule has 1 heterocycles. The molecule has 98 valence electrons. The van der Waals surface area contributed by atoms with Crippen LogP contribution in [0.2, 0.25) is 0 Å². The summed E-state index contributed by atoms with van der Waals surface area (Å²) in [5.74, 6) is 0.879. The first-order valence-electron chi connectivity index (χ1n) is 6.95. The van der Waals surface area contributed by atoms with E-state index >= 15 is 0 Å². The van der Waals surface area contributed by atoms with Crippen LogP contribution < -0.4 is 4.90 Å². The van der Waals surface area contributed by atoms with Crippen LogP contribution in [0.3, 0.4) is 0 Å². The van der Waals surface area contributed by atoms with E-state index in [9.17, 15) is 5.11 Å². The Morgan fingerprint density at radius 3 is 2.89 bits per heavy atom.